The van der Waals surface area contributed by atoms with Crippen molar-refractivity contribution in [2.24, 2.45) is 7.05 Å². The summed E-state index contributed by atoms with van der Waals surface area (Å²) >= 11 is 2.96. The van der Waals surface area contributed by atoms with E-state index in [0.717, 1.165) is 15.7 Å². The van der Waals surface area contributed by atoms with Gasteiger partial charge in [0.05, 0.1) is 5.75 Å². The van der Waals surface area contributed by atoms with Crippen LogP contribution in [0.3, 0.4) is 0 Å². The predicted molar refractivity (Wildman–Crippen MR) is 92.5 cm³/mol. The monoisotopic (exact) mass is 344 g/mol. The van der Waals surface area contributed by atoms with Gasteiger partial charge in [-0.05, 0) is 5.56 Å². The van der Waals surface area contributed by atoms with Crippen LogP contribution < -0.4 is 5.32 Å². The number of amides is 1. The molecule has 3 rings (SSSR count). The van der Waals surface area contributed by atoms with Gasteiger partial charge in [-0.1, -0.05) is 42.1 Å². The second-order valence-corrected chi connectivity index (χ2v) is 6.76. The van der Waals surface area contributed by atoms with Crippen LogP contribution in [0.4, 0.5) is 0 Å². The topological polar surface area (TPSA) is 59.8 Å². The molecule has 0 spiro atoms. The van der Waals surface area contributed by atoms with Gasteiger partial charge in [0.25, 0.3) is 0 Å². The van der Waals surface area contributed by atoms with Crippen molar-refractivity contribution in [2.75, 3.05) is 5.75 Å². The lowest BCUT2D eigenvalue weighted by molar-refractivity contribution is -0.119. The van der Waals surface area contributed by atoms with Crippen molar-refractivity contribution >= 4 is 29.0 Å². The Labute approximate surface area is 142 Å². The molecule has 7 heteroatoms. The second kappa shape index (κ2) is 7.43. The molecule has 1 atom stereocenters. The normalized spacial score (nSPS) is 12.0. The third-order valence-corrected chi connectivity index (χ3v) is 5.14. The first kappa shape index (κ1) is 15.8. The van der Waals surface area contributed by atoms with E-state index in [-0.39, 0.29) is 11.9 Å². The highest BCUT2D eigenvalue weighted by molar-refractivity contribution is 7.99. The van der Waals surface area contributed by atoms with E-state index in [9.17, 15) is 4.79 Å². The number of aryl methyl sites for hydroxylation is 1. The van der Waals surface area contributed by atoms with Gasteiger partial charge in [-0.2, -0.15) is 0 Å². The zero-order chi connectivity index (χ0) is 16.1. The molecule has 2 aromatic heterocycles. The minimum absolute atomic E-state index is 0.0398. The van der Waals surface area contributed by atoms with E-state index in [1.165, 1.54) is 23.1 Å². The van der Waals surface area contributed by atoms with Crippen LogP contribution in [0.25, 0.3) is 0 Å². The Balaban J connectivity index is 1.69. The van der Waals surface area contributed by atoms with Crippen LogP contribution in [-0.4, -0.2) is 26.2 Å². The number of hydrogen-bond acceptors (Lipinski definition) is 5. The van der Waals surface area contributed by atoms with Gasteiger partial charge < -0.3 is 9.88 Å². The lowest BCUT2D eigenvalue weighted by Crippen LogP contribution is -2.30. The standard InChI is InChI=1S/C16H16N4OS2/c1-20-9-7-18-16(20)23-11-13(21)19-14(15-17-8-10-22-15)12-5-3-2-4-6-12/h2-10,14H,11H2,1H3,(H,19,21)/t14-/m0/s1. The van der Waals surface area contributed by atoms with Crippen LogP contribution in [0.5, 0.6) is 0 Å². The SMILES string of the molecule is Cn1ccnc1SCC(=O)N[C@@H](c1ccccc1)c1nccs1. The molecule has 1 aromatic carbocycles. The summed E-state index contributed by atoms with van der Waals surface area (Å²) in [5.41, 5.74) is 1.03. The van der Waals surface area contributed by atoms with E-state index in [4.69, 9.17) is 0 Å². The number of hydrogen-bond donors (Lipinski definition) is 1. The Morgan fingerprint density at radius 3 is 2.78 bits per heavy atom. The molecule has 0 unspecified atom stereocenters. The Morgan fingerprint density at radius 2 is 2.13 bits per heavy atom. The highest BCUT2D eigenvalue weighted by atomic mass is 32.2. The summed E-state index contributed by atoms with van der Waals surface area (Å²) in [5.74, 6) is 0.279. The van der Waals surface area contributed by atoms with Gasteiger partial charge in [0, 0.05) is 31.0 Å². The molecule has 0 bridgehead atoms. The number of carbonyl (C=O) groups is 1. The number of nitrogens with one attached hydrogen (secondary N) is 1. The highest BCUT2D eigenvalue weighted by Crippen LogP contribution is 2.24. The van der Waals surface area contributed by atoms with Crippen LogP contribution in [0.1, 0.15) is 16.6 Å². The van der Waals surface area contributed by atoms with E-state index in [1.54, 1.807) is 12.4 Å². The summed E-state index contributed by atoms with van der Waals surface area (Å²) in [6, 6.07) is 9.67. The van der Waals surface area contributed by atoms with E-state index >= 15 is 0 Å². The number of aromatic nitrogens is 3. The molecule has 0 saturated heterocycles. The average molecular weight is 344 g/mol. The molecule has 0 aliphatic rings. The van der Waals surface area contributed by atoms with Crippen molar-refractivity contribution in [2.45, 2.75) is 11.2 Å². The van der Waals surface area contributed by atoms with Gasteiger partial charge in [-0.15, -0.1) is 11.3 Å². The average Bonchev–Trinajstić information content (AvgIpc) is 3.23. The van der Waals surface area contributed by atoms with Gasteiger partial charge in [0.1, 0.15) is 11.0 Å². The Morgan fingerprint density at radius 1 is 1.30 bits per heavy atom. The zero-order valence-electron chi connectivity index (χ0n) is 12.5. The number of nitrogens with zero attached hydrogens (tertiary/aromatic N) is 3. The van der Waals surface area contributed by atoms with Crippen LogP contribution in [0.15, 0.2) is 59.5 Å². The van der Waals surface area contributed by atoms with E-state index < -0.39 is 0 Å². The van der Waals surface area contributed by atoms with Crippen molar-refractivity contribution in [1.29, 1.82) is 0 Å². The first-order valence-corrected chi connectivity index (χ1v) is 8.94. The van der Waals surface area contributed by atoms with Gasteiger partial charge in [0.15, 0.2) is 5.16 Å². The minimum atomic E-state index is -0.217. The Kier molecular flexibility index (Phi) is 5.09. The molecule has 0 radical (unpaired) electrons. The second-order valence-electron chi connectivity index (χ2n) is 4.89. The summed E-state index contributed by atoms with van der Waals surface area (Å²) in [5, 5.41) is 6.69. The number of benzene rings is 1. The third kappa shape index (κ3) is 4.00. The fourth-order valence-corrected chi connectivity index (χ4v) is 3.59. The number of imidazole rings is 1. The molecule has 1 amide bonds. The highest BCUT2D eigenvalue weighted by Gasteiger charge is 2.19. The quantitative estimate of drug-likeness (QED) is 0.699. The smallest absolute Gasteiger partial charge is 0.231 e. The molecule has 0 aliphatic heterocycles. The van der Waals surface area contributed by atoms with Crippen LogP contribution >= 0.6 is 23.1 Å². The maximum Gasteiger partial charge on any atom is 0.231 e. The molecular weight excluding hydrogens is 328 g/mol. The van der Waals surface area contributed by atoms with E-state index in [1.807, 2.05) is 53.5 Å². The summed E-state index contributed by atoms with van der Waals surface area (Å²) in [7, 11) is 1.91. The minimum Gasteiger partial charge on any atom is -0.342 e. The van der Waals surface area contributed by atoms with Crippen LogP contribution in [-0.2, 0) is 11.8 Å². The number of rotatable bonds is 6. The summed E-state index contributed by atoms with van der Waals surface area (Å²) < 4.78 is 1.90. The molecule has 23 heavy (non-hydrogen) atoms. The molecule has 0 aliphatic carbocycles. The number of thiazole rings is 1. The maximum absolute atomic E-state index is 12.3. The fraction of sp³-hybridized carbons (Fsp3) is 0.188. The molecule has 5 nitrogen and oxygen atoms in total. The van der Waals surface area contributed by atoms with Crippen molar-refractivity contribution in [3.63, 3.8) is 0 Å². The molecule has 0 saturated carbocycles. The van der Waals surface area contributed by atoms with Gasteiger partial charge in [-0.25, -0.2) is 9.97 Å². The first-order chi connectivity index (χ1) is 11.2. The Hall–Kier alpha value is -2.12. The summed E-state index contributed by atoms with van der Waals surface area (Å²) in [4.78, 5) is 20.9. The van der Waals surface area contributed by atoms with E-state index in [0.29, 0.717) is 5.75 Å². The lowest BCUT2D eigenvalue weighted by atomic mass is 10.1. The maximum atomic E-state index is 12.3. The zero-order valence-corrected chi connectivity index (χ0v) is 14.2. The molecule has 0 fully saturated rings. The van der Waals surface area contributed by atoms with Crippen molar-refractivity contribution in [3.05, 3.63) is 64.9 Å². The number of carbonyl (C=O) groups excluding carboxylic acids is 1. The summed E-state index contributed by atoms with van der Waals surface area (Å²) in [6.45, 7) is 0. The molecule has 2 heterocycles. The first-order valence-electron chi connectivity index (χ1n) is 7.08. The van der Waals surface area contributed by atoms with Crippen LogP contribution in [0, 0.1) is 0 Å². The van der Waals surface area contributed by atoms with Gasteiger partial charge in [0.2, 0.25) is 5.91 Å². The van der Waals surface area contributed by atoms with Gasteiger partial charge in [-0.3, -0.25) is 4.79 Å². The largest absolute Gasteiger partial charge is 0.342 e. The molecule has 118 valence electrons. The molecule has 3 aromatic rings. The predicted octanol–water partition coefficient (Wildman–Crippen LogP) is 2.87. The van der Waals surface area contributed by atoms with Crippen LogP contribution in [0.2, 0.25) is 0 Å². The Bertz CT molecular complexity index is 756. The third-order valence-electron chi connectivity index (χ3n) is 3.25. The van der Waals surface area contributed by atoms with Crippen molar-refractivity contribution < 1.29 is 4.79 Å². The number of thioether (sulfide) groups is 1. The molecular formula is C16H16N4OS2. The lowest BCUT2D eigenvalue weighted by Gasteiger charge is -2.17. The summed E-state index contributed by atoms with van der Waals surface area (Å²) in [6.07, 6.45) is 5.34. The van der Waals surface area contributed by atoms with Crippen molar-refractivity contribution in [1.82, 2.24) is 19.9 Å². The van der Waals surface area contributed by atoms with E-state index in [2.05, 4.69) is 15.3 Å². The van der Waals surface area contributed by atoms with Crippen molar-refractivity contribution in [3.8, 4) is 0 Å². The fourth-order valence-electron chi connectivity index (χ4n) is 2.13. The van der Waals surface area contributed by atoms with Gasteiger partial charge >= 0.3 is 0 Å². The molecule has 1 N–H and O–H groups in total.